The van der Waals surface area contributed by atoms with Gasteiger partial charge in [-0.05, 0) is 44.9 Å². The zero-order chi connectivity index (χ0) is 13.2. The molecule has 2 rings (SSSR count). The fraction of sp³-hybridized carbons (Fsp3) is 0.571. The van der Waals surface area contributed by atoms with Crippen molar-refractivity contribution in [3.8, 4) is 0 Å². The van der Waals surface area contributed by atoms with Crippen LogP contribution in [0.4, 0.5) is 8.78 Å². The van der Waals surface area contributed by atoms with Crippen LogP contribution in [-0.2, 0) is 11.2 Å². The van der Waals surface area contributed by atoms with Gasteiger partial charge in [0.05, 0.1) is 5.60 Å². The highest BCUT2D eigenvalue weighted by molar-refractivity contribution is 5.21. The molecule has 1 aromatic carbocycles. The van der Waals surface area contributed by atoms with Gasteiger partial charge in [-0.1, -0.05) is 12.1 Å². The lowest BCUT2D eigenvalue weighted by Crippen LogP contribution is -2.48. The lowest BCUT2D eigenvalue weighted by molar-refractivity contribution is -0.00964. The minimum atomic E-state index is -0.792. The molecule has 0 bridgehead atoms. The monoisotopic (exact) mass is 255 g/mol. The molecule has 0 saturated carbocycles. The Bertz CT molecular complexity index is 416. The number of hydrogen-bond donors (Lipinski definition) is 1. The second kappa shape index (κ2) is 5.33. The van der Waals surface area contributed by atoms with Crippen molar-refractivity contribution < 1.29 is 13.5 Å². The summed E-state index contributed by atoms with van der Waals surface area (Å²) in [6, 6.07) is 4.29. The van der Waals surface area contributed by atoms with Gasteiger partial charge in [0, 0.05) is 12.6 Å². The maximum Gasteiger partial charge on any atom is 0.162 e. The molecular formula is C14H19F2NO. The number of hydrogen-bond acceptors (Lipinski definition) is 2. The van der Waals surface area contributed by atoms with Crippen LogP contribution in [0.1, 0.15) is 25.3 Å². The van der Waals surface area contributed by atoms with Gasteiger partial charge in [0.1, 0.15) is 0 Å². The molecule has 2 nitrogen and oxygen atoms in total. The van der Waals surface area contributed by atoms with Crippen LogP contribution in [-0.4, -0.2) is 25.3 Å². The molecule has 4 heteroatoms. The van der Waals surface area contributed by atoms with Crippen LogP contribution in [0.3, 0.4) is 0 Å². The minimum Gasteiger partial charge on any atom is -0.374 e. The Morgan fingerprint density at radius 3 is 2.83 bits per heavy atom. The third kappa shape index (κ3) is 2.54. The van der Waals surface area contributed by atoms with Crippen molar-refractivity contribution in [2.75, 3.05) is 13.7 Å². The first kappa shape index (κ1) is 13.4. The molecule has 1 heterocycles. The predicted octanol–water partition coefficient (Wildman–Crippen LogP) is 2.66. The van der Waals surface area contributed by atoms with E-state index in [-0.39, 0.29) is 11.6 Å². The first-order valence-electron chi connectivity index (χ1n) is 6.31. The Morgan fingerprint density at radius 2 is 2.22 bits per heavy atom. The first-order valence-corrected chi connectivity index (χ1v) is 6.31. The molecule has 0 amide bonds. The molecule has 0 spiro atoms. The molecule has 0 aromatic heterocycles. The largest absolute Gasteiger partial charge is 0.374 e. The Kier molecular flexibility index (Phi) is 3.97. The second-order valence-electron chi connectivity index (χ2n) is 5.02. The highest BCUT2D eigenvalue weighted by atomic mass is 19.2. The van der Waals surface area contributed by atoms with Gasteiger partial charge in [-0.25, -0.2) is 8.78 Å². The molecule has 18 heavy (non-hydrogen) atoms. The van der Waals surface area contributed by atoms with Gasteiger partial charge in [0.2, 0.25) is 0 Å². The van der Waals surface area contributed by atoms with Crippen LogP contribution >= 0.6 is 0 Å². The number of likely N-dealkylation sites (N-methyl/N-ethyl adjacent to an activating group) is 1. The highest BCUT2D eigenvalue weighted by Gasteiger charge is 2.37. The molecular weight excluding hydrogens is 236 g/mol. The Morgan fingerprint density at radius 1 is 1.44 bits per heavy atom. The third-order valence-corrected chi connectivity index (χ3v) is 3.79. The average Bonchev–Trinajstić information content (AvgIpc) is 2.79. The summed E-state index contributed by atoms with van der Waals surface area (Å²) < 4.78 is 32.6. The summed E-state index contributed by atoms with van der Waals surface area (Å²) in [4.78, 5) is 0. The zero-order valence-electron chi connectivity index (χ0n) is 10.8. The third-order valence-electron chi connectivity index (χ3n) is 3.79. The SMILES string of the molecule is CNC(Cc1cccc(F)c1F)C1(C)CCCO1. The van der Waals surface area contributed by atoms with Crippen LogP contribution in [0, 0.1) is 11.6 Å². The van der Waals surface area contributed by atoms with Gasteiger partial charge >= 0.3 is 0 Å². The van der Waals surface area contributed by atoms with Crippen LogP contribution in [0.15, 0.2) is 18.2 Å². The number of nitrogens with one attached hydrogen (secondary N) is 1. The lowest BCUT2D eigenvalue weighted by Gasteiger charge is -2.33. The topological polar surface area (TPSA) is 21.3 Å². The molecule has 1 aromatic rings. The van der Waals surface area contributed by atoms with E-state index in [9.17, 15) is 8.78 Å². The van der Waals surface area contributed by atoms with E-state index >= 15 is 0 Å². The molecule has 1 saturated heterocycles. The van der Waals surface area contributed by atoms with Crippen LogP contribution in [0.2, 0.25) is 0 Å². The van der Waals surface area contributed by atoms with E-state index in [0.29, 0.717) is 12.0 Å². The normalized spacial score (nSPS) is 25.3. The van der Waals surface area contributed by atoms with E-state index in [0.717, 1.165) is 25.5 Å². The number of halogens is 2. The molecule has 2 unspecified atom stereocenters. The summed E-state index contributed by atoms with van der Waals surface area (Å²) in [7, 11) is 1.83. The van der Waals surface area contributed by atoms with E-state index in [1.165, 1.54) is 6.07 Å². The van der Waals surface area contributed by atoms with Crippen LogP contribution < -0.4 is 5.32 Å². The van der Waals surface area contributed by atoms with Gasteiger partial charge in [0.25, 0.3) is 0 Å². The van der Waals surface area contributed by atoms with Crippen molar-refractivity contribution in [2.24, 2.45) is 0 Å². The minimum absolute atomic E-state index is 0.0173. The summed E-state index contributed by atoms with van der Waals surface area (Å²) in [5.74, 6) is -1.54. The number of ether oxygens (including phenoxy) is 1. The second-order valence-corrected chi connectivity index (χ2v) is 5.02. The van der Waals surface area contributed by atoms with Gasteiger partial charge in [-0.3, -0.25) is 0 Å². The van der Waals surface area contributed by atoms with E-state index in [2.05, 4.69) is 5.32 Å². The van der Waals surface area contributed by atoms with Gasteiger partial charge in [0.15, 0.2) is 11.6 Å². The smallest absolute Gasteiger partial charge is 0.162 e. The van der Waals surface area contributed by atoms with Crippen molar-refractivity contribution in [3.05, 3.63) is 35.4 Å². The fourth-order valence-corrected chi connectivity index (χ4v) is 2.62. The first-order chi connectivity index (χ1) is 8.57. The molecule has 0 radical (unpaired) electrons. The van der Waals surface area contributed by atoms with Crippen molar-refractivity contribution >= 4 is 0 Å². The van der Waals surface area contributed by atoms with Crippen molar-refractivity contribution in [1.82, 2.24) is 5.32 Å². The van der Waals surface area contributed by atoms with E-state index in [4.69, 9.17) is 4.74 Å². The summed E-state index contributed by atoms with van der Waals surface area (Å²) in [6.45, 7) is 2.76. The van der Waals surface area contributed by atoms with Crippen molar-refractivity contribution in [1.29, 1.82) is 0 Å². The molecule has 0 aliphatic carbocycles. The van der Waals surface area contributed by atoms with Crippen LogP contribution in [0.25, 0.3) is 0 Å². The van der Waals surface area contributed by atoms with E-state index in [1.54, 1.807) is 6.07 Å². The fourth-order valence-electron chi connectivity index (χ4n) is 2.62. The van der Waals surface area contributed by atoms with Gasteiger partial charge in [-0.15, -0.1) is 0 Å². The predicted molar refractivity (Wildman–Crippen MR) is 66.5 cm³/mol. The maximum absolute atomic E-state index is 13.7. The quantitative estimate of drug-likeness (QED) is 0.893. The van der Waals surface area contributed by atoms with Crippen molar-refractivity contribution in [2.45, 2.75) is 37.8 Å². The van der Waals surface area contributed by atoms with Crippen LogP contribution in [0.5, 0.6) is 0 Å². The maximum atomic E-state index is 13.7. The zero-order valence-corrected chi connectivity index (χ0v) is 10.8. The van der Waals surface area contributed by atoms with Gasteiger partial charge in [-0.2, -0.15) is 0 Å². The van der Waals surface area contributed by atoms with E-state index < -0.39 is 11.6 Å². The molecule has 2 atom stereocenters. The summed E-state index contributed by atoms with van der Waals surface area (Å²) >= 11 is 0. The standard InChI is InChI=1S/C14H19F2NO/c1-14(7-4-8-18-14)12(17-2)9-10-5-3-6-11(15)13(10)16/h3,5-6,12,17H,4,7-9H2,1-2H3. The molecule has 1 aliphatic heterocycles. The Balaban J connectivity index is 2.17. The molecule has 1 N–H and O–H groups in total. The Labute approximate surface area is 106 Å². The molecule has 100 valence electrons. The summed E-state index contributed by atoms with van der Waals surface area (Å²) in [6.07, 6.45) is 2.38. The lowest BCUT2D eigenvalue weighted by atomic mass is 9.88. The van der Waals surface area contributed by atoms with E-state index in [1.807, 2.05) is 14.0 Å². The molecule has 1 fully saturated rings. The number of rotatable bonds is 4. The number of benzene rings is 1. The Hall–Kier alpha value is -1.00. The summed E-state index contributed by atoms with van der Waals surface area (Å²) in [5.41, 5.74) is 0.0964. The average molecular weight is 255 g/mol. The van der Waals surface area contributed by atoms with Gasteiger partial charge < -0.3 is 10.1 Å². The highest BCUT2D eigenvalue weighted by Crippen LogP contribution is 2.30. The summed E-state index contributed by atoms with van der Waals surface area (Å²) in [5, 5.41) is 3.17. The molecule has 1 aliphatic rings. The van der Waals surface area contributed by atoms with Crippen molar-refractivity contribution in [3.63, 3.8) is 0 Å².